The third-order valence-corrected chi connectivity index (χ3v) is 3.60. The van der Waals surface area contributed by atoms with Crippen molar-refractivity contribution >= 4 is 0 Å². The molecule has 0 amide bonds. The lowest BCUT2D eigenvalue weighted by molar-refractivity contribution is 0.550. The Labute approximate surface area is 128 Å². The third kappa shape index (κ3) is 4.71. The molecule has 0 atom stereocenters. The van der Waals surface area contributed by atoms with Crippen molar-refractivity contribution in [2.24, 2.45) is 5.92 Å². The van der Waals surface area contributed by atoms with Gasteiger partial charge in [-0.05, 0) is 30.0 Å². The van der Waals surface area contributed by atoms with E-state index in [1.807, 2.05) is 6.20 Å². The summed E-state index contributed by atoms with van der Waals surface area (Å²) in [5.41, 5.74) is 2.76. The quantitative estimate of drug-likeness (QED) is 0.802. The zero-order chi connectivity index (χ0) is 15.1. The van der Waals surface area contributed by atoms with Crippen LogP contribution in [0.1, 0.15) is 44.1 Å². The Hall–Kier alpha value is -1.61. The Balaban J connectivity index is 2.07. The zero-order valence-corrected chi connectivity index (χ0v) is 13.5. The second-order valence-electron chi connectivity index (χ2n) is 6.01. The van der Waals surface area contributed by atoms with Crippen LogP contribution in [0.15, 0.2) is 36.7 Å². The van der Waals surface area contributed by atoms with E-state index in [2.05, 4.69) is 66.1 Å². The van der Waals surface area contributed by atoms with Gasteiger partial charge in [0.15, 0.2) is 0 Å². The maximum atomic E-state index is 4.46. The minimum atomic E-state index is 0.682. The van der Waals surface area contributed by atoms with Gasteiger partial charge in [-0.25, -0.2) is 4.98 Å². The second kappa shape index (κ2) is 7.99. The first kappa shape index (κ1) is 15.8. The summed E-state index contributed by atoms with van der Waals surface area (Å²) < 4.78 is 2.27. The van der Waals surface area contributed by atoms with E-state index in [0.29, 0.717) is 5.92 Å². The van der Waals surface area contributed by atoms with Crippen molar-refractivity contribution in [1.82, 2.24) is 14.9 Å². The zero-order valence-electron chi connectivity index (χ0n) is 13.5. The van der Waals surface area contributed by atoms with E-state index in [-0.39, 0.29) is 0 Å². The SMILES string of the molecule is CCCc1nccn1Cc1ccccc1CNCC(C)C. The Morgan fingerprint density at radius 2 is 1.95 bits per heavy atom. The molecule has 0 aliphatic rings. The highest BCUT2D eigenvalue weighted by Gasteiger charge is 2.06. The molecule has 0 saturated heterocycles. The van der Waals surface area contributed by atoms with E-state index in [1.54, 1.807) is 0 Å². The van der Waals surface area contributed by atoms with Gasteiger partial charge >= 0.3 is 0 Å². The predicted molar refractivity (Wildman–Crippen MR) is 88.3 cm³/mol. The van der Waals surface area contributed by atoms with E-state index in [4.69, 9.17) is 0 Å². The van der Waals surface area contributed by atoms with Crippen LogP contribution in [0, 0.1) is 5.92 Å². The first-order valence-electron chi connectivity index (χ1n) is 7.98. The van der Waals surface area contributed by atoms with E-state index in [1.165, 1.54) is 17.0 Å². The van der Waals surface area contributed by atoms with Gasteiger partial charge in [0.05, 0.1) is 0 Å². The number of nitrogens with zero attached hydrogens (tertiary/aromatic N) is 2. The van der Waals surface area contributed by atoms with Gasteiger partial charge in [0.1, 0.15) is 5.82 Å². The molecule has 114 valence electrons. The van der Waals surface area contributed by atoms with Crippen LogP contribution >= 0.6 is 0 Å². The largest absolute Gasteiger partial charge is 0.331 e. The number of benzene rings is 1. The van der Waals surface area contributed by atoms with Crippen molar-refractivity contribution < 1.29 is 0 Å². The molecule has 1 aromatic carbocycles. The van der Waals surface area contributed by atoms with Crippen LogP contribution in [0.5, 0.6) is 0 Å². The smallest absolute Gasteiger partial charge is 0.108 e. The van der Waals surface area contributed by atoms with E-state index in [9.17, 15) is 0 Å². The van der Waals surface area contributed by atoms with Gasteiger partial charge in [0.25, 0.3) is 0 Å². The van der Waals surface area contributed by atoms with Crippen molar-refractivity contribution in [3.8, 4) is 0 Å². The van der Waals surface area contributed by atoms with Crippen LogP contribution in [-0.4, -0.2) is 16.1 Å². The first-order chi connectivity index (χ1) is 10.2. The van der Waals surface area contributed by atoms with E-state index >= 15 is 0 Å². The summed E-state index contributed by atoms with van der Waals surface area (Å²) in [6.07, 6.45) is 6.17. The Morgan fingerprint density at radius 3 is 2.67 bits per heavy atom. The molecule has 2 rings (SSSR count). The minimum Gasteiger partial charge on any atom is -0.331 e. The second-order valence-corrected chi connectivity index (χ2v) is 6.01. The molecule has 0 bridgehead atoms. The number of imidazole rings is 1. The molecule has 1 heterocycles. The van der Waals surface area contributed by atoms with Crippen LogP contribution in [0.4, 0.5) is 0 Å². The monoisotopic (exact) mass is 285 g/mol. The van der Waals surface area contributed by atoms with Gasteiger partial charge in [0, 0.05) is 31.9 Å². The Bertz CT molecular complexity index is 543. The molecule has 0 spiro atoms. The molecular formula is C18H27N3. The Morgan fingerprint density at radius 1 is 1.19 bits per heavy atom. The predicted octanol–water partition coefficient (Wildman–Crippen LogP) is 3.63. The van der Waals surface area contributed by atoms with Gasteiger partial charge in [-0.3, -0.25) is 0 Å². The lowest BCUT2D eigenvalue weighted by atomic mass is 10.1. The highest BCUT2D eigenvalue weighted by molar-refractivity contribution is 5.27. The maximum Gasteiger partial charge on any atom is 0.108 e. The maximum absolute atomic E-state index is 4.46. The van der Waals surface area contributed by atoms with Crippen molar-refractivity contribution in [2.45, 2.75) is 46.7 Å². The van der Waals surface area contributed by atoms with Crippen molar-refractivity contribution in [3.05, 3.63) is 53.6 Å². The summed E-state index contributed by atoms with van der Waals surface area (Å²) in [6.45, 7) is 9.58. The number of aryl methyl sites for hydroxylation is 1. The summed E-state index contributed by atoms with van der Waals surface area (Å²) in [6, 6.07) is 8.69. The standard InChI is InChI=1S/C18H27N3/c1-4-7-18-20-10-11-21(18)14-17-9-6-5-8-16(17)13-19-12-15(2)3/h5-6,8-11,15,19H,4,7,12-14H2,1-3H3. The fourth-order valence-electron chi connectivity index (χ4n) is 2.50. The molecule has 2 aromatic rings. The fourth-order valence-corrected chi connectivity index (χ4v) is 2.50. The average Bonchev–Trinajstić information content (AvgIpc) is 2.88. The highest BCUT2D eigenvalue weighted by Crippen LogP contribution is 2.13. The summed E-state index contributed by atoms with van der Waals surface area (Å²) in [7, 11) is 0. The van der Waals surface area contributed by atoms with Gasteiger partial charge in [-0.1, -0.05) is 45.0 Å². The number of rotatable bonds is 8. The molecule has 0 saturated carbocycles. The lowest BCUT2D eigenvalue weighted by Crippen LogP contribution is -2.20. The van der Waals surface area contributed by atoms with Crippen molar-refractivity contribution in [1.29, 1.82) is 0 Å². The van der Waals surface area contributed by atoms with Gasteiger partial charge < -0.3 is 9.88 Å². The molecular weight excluding hydrogens is 258 g/mol. The van der Waals surface area contributed by atoms with Gasteiger partial charge in [-0.15, -0.1) is 0 Å². The third-order valence-electron chi connectivity index (χ3n) is 3.60. The molecule has 0 aliphatic heterocycles. The van der Waals surface area contributed by atoms with Crippen molar-refractivity contribution in [2.75, 3.05) is 6.54 Å². The van der Waals surface area contributed by atoms with E-state index in [0.717, 1.165) is 32.5 Å². The Kier molecular flexibility index (Phi) is 6.00. The van der Waals surface area contributed by atoms with E-state index < -0.39 is 0 Å². The van der Waals surface area contributed by atoms with Crippen LogP contribution < -0.4 is 5.32 Å². The molecule has 3 heteroatoms. The first-order valence-corrected chi connectivity index (χ1v) is 7.98. The van der Waals surface area contributed by atoms with Crippen LogP contribution in [0.25, 0.3) is 0 Å². The molecule has 0 fully saturated rings. The lowest BCUT2D eigenvalue weighted by Gasteiger charge is -2.13. The van der Waals surface area contributed by atoms with Crippen molar-refractivity contribution in [3.63, 3.8) is 0 Å². The van der Waals surface area contributed by atoms with Crippen LogP contribution in [-0.2, 0) is 19.5 Å². The summed E-state index contributed by atoms with van der Waals surface area (Å²) >= 11 is 0. The van der Waals surface area contributed by atoms with Gasteiger partial charge in [-0.2, -0.15) is 0 Å². The van der Waals surface area contributed by atoms with Crippen LogP contribution in [0.3, 0.4) is 0 Å². The molecule has 0 aliphatic carbocycles. The number of hydrogen-bond acceptors (Lipinski definition) is 2. The fraction of sp³-hybridized carbons (Fsp3) is 0.500. The average molecular weight is 285 g/mol. The molecule has 1 aromatic heterocycles. The molecule has 0 unspecified atom stereocenters. The number of nitrogens with one attached hydrogen (secondary N) is 1. The van der Waals surface area contributed by atoms with Gasteiger partial charge in [0.2, 0.25) is 0 Å². The highest BCUT2D eigenvalue weighted by atomic mass is 15.1. The summed E-state index contributed by atoms with van der Waals surface area (Å²) in [5.74, 6) is 1.87. The topological polar surface area (TPSA) is 29.9 Å². The molecule has 3 nitrogen and oxygen atoms in total. The molecule has 0 radical (unpaired) electrons. The number of aromatic nitrogens is 2. The minimum absolute atomic E-state index is 0.682. The summed E-state index contributed by atoms with van der Waals surface area (Å²) in [4.78, 5) is 4.46. The molecule has 1 N–H and O–H groups in total. The molecule has 21 heavy (non-hydrogen) atoms. The van der Waals surface area contributed by atoms with Crippen LogP contribution in [0.2, 0.25) is 0 Å². The number of hydrogen-bond donors (Lipinski definition) is 1. The summed E-state index contributed by atoms with van der Waals surface area (Å²) in [5, 5.41) is 3.54. The normalized spacial score (nSPS) is 11.2.